The fraction of sp³-hybridized carbons (Fsp3) is 0.375. The molecule has 1 saturated heterocycles. The Bertz CT molecular complexity index is 551. The van der Waals surface area contributed by atoms with Gasteiger partial charge < -0.3 is 15.0 Å². The van der Waals surface area contributed by atoms with Crippen LogP contribution in [0.25, 0.3) is 6.08 Å². The summed E-state index contributed by atoms with van der Waals surface area (Å²) in [5.41, 5.74) is 0.712. The minimum Gasteiger partial charge on any atom is -0.378 e. The predicted molar refractivity (Wildman–Crippen MR) is 80.4 cm³/mol. The summed E-state index contributed by atoms with van der Waals surface area (Å²) in [6.45, 7) is 3.80. The van der Waals surface area contributed by atoms with Crippen LogP contribution in [0.5, 0.6) is 0 Å². The summed E-state index contributed by atoms with van der Waals surface area (Å²) in [5.74, 6) is -0.809. The van der Waals surface area contributed by atoms with Crippen molar-refractivity contribution in [1.82, 2.24) is 10.2 Å². The lowest BCUT2D eigenvalue weighted by Gasteiger charge is -2.29. The highest BCUT2D eigenvalue weighted by Crippen LogP contribution is 2.05. The van der Waals surface area contributed by atoms with Crippen molar-refractivity contribution >= 4 is 17.9 Å². The Labute approximate surface area is 128 Å². The third-order valence-electron chi connectivity index (χ3n) is 3.35. The second kappa shape index (κ2) is 7.70. The van der Waals surface area contributed by atoms with Gasteiger partial charge in [-0.05, 0) is 30.7 Å². The Hall–Kier alpha value is -2.21. The Kier molecular flexibility index (Phi) is 5.66. The number of halogens is 1. The molecule has 118 valence electrons. The molecule has 1 heterocycles. The molecule has 0 radical (unpaired) electrons. The van der Waals surface area contributed by atoms with E-state index in [-0.39, 0.29) is 17.6 Å². The van der Waals surface area contributed by atoms with E-state index in [9.17, 15) is 14.0 Å². The maximum absolute atomic E-state index is 12.8. The van der Waals surface area contributed by atoms with Crippen molar-refractivity contribution in [2.24, 2.45) is 0 Å². The third kappa shape index (κ3) is 4.66. The van der Waals surface area contributed by atoms with Crippen molar-refractivity contribution in [3.63, 3.8) is 0 Å². The van der Waals surface area contributed by atoms with E-state index in [4.69, 9.17) is 4.74 Å². The second-order valence-electron chi connectivity index (χ2n) is 5.05. The molecule has 5 nitrogen and oxygen atoms in total. The van der Waals surface area contributed by atoms with E-state index in [1.165, 1.54) is 18.2 Å². The van der Waals surface area contributed by atoms with Crippen LogP contribution in [0.2, 0.25) is 0 Å². The zero-order valence-electron chi connectivity index (χ0n) is 12.4. The second-order valence-corrected chi connectivity index (χ2v) is 5.05. The van der Waals surface area contributed by atoms with Gasteiger partial charge in [0.2, 0.25) is 11.8 Å². The minimum absolute atomic E-state index is 0.119. The number of amides is 2. The molecule has 6 heteroatoms. The van der Waals surface area contributed by atoms with Gasteiger partial charge in [0, 0.05) is 19.2 Å². The first kappa shape index (κ1) is 16.2. The van der Waals surface area contributed by atoms with Gasteiger partial charge in [-0.2, -0.15) is 0 Å². The van der Waals surface area contributed by atoms with Crippen LogP contribution in [0.15, 0.2) is 30.3 Å². The number of nitrogens with one attached hydrogen (secondary N) is 1. The molecular formula is C16H19FN2O3. The number of ether oxygens (including phenoxy) is 1. The summed E-state index contributed by atoms with van der Waals surface area (Å²) in [5, 5.41) is 2.63. The molecular weight excluding hydrogens is 287 g/mol. The molecule has 1 aliphatic rings. The van der Waals surface area contributed by atoms with Crippen LogP contribution >= 0.6 is 0 Å². The number of carbonyl (C=O) groups excluding carboxylic acids is 2. The summed E-state index contributed by atoms with van der Waals surface area (Å²) in [6.07, 6.45) is 2.90. The first-order chi connectivity index (χ1) is 10.6. The molecule has 0 spiro atoms. The van der Waals surface area contributed by atoms with Crippen LogP contribution in [0.1, 0.15) is 12.5 Å². The van der Waals surface area contributed by atoms with Gasteiger partial charge in [-0.25, -0.2) is 4.39 Å². The summed E-state index contributed by atoms with van der Waals surface area (Å²) in [6, 6.07) is 5.19. The van der Waals surface area contributed by atoms with Crippen molar-refractivity contribution in [1.29, 1.82) is 0 Å². The SMILES string of the molecule is C[C@H](NC(=O)/C=C\c1ccc(F)cc1)C(=O)N1CCOCC1. The van der Waals surface area contributed by atoms with Gasteiger partial charge in [0.05, 0.1) is 13.2 Å². The average molecular weight is 306 g/mol. The number of carbonyl (C=O) groups is 2. The van der Waals surface area contributed by atoms with Crippen LogP contribution in [0.3, 0.4) is 0 Å². The maximum Gasteiger partial charge on any atom is 0.245 e. The minimum atomic E-state index is -0.594. The number of benzene rings is 1. The molecule has 1 fully saturated rings. The smallest absolute Gasteiger partial charge is 0.245 e. The third-order valence-corrected chi connectivity index (χ3v) is 3.35. The van der Waals surface area contributed by atoms with Crippen LogP contribution in [-0.2, 0) is 14.3 Å². The summed E-state index contributed by atoms with van der Waals surface area (Å²) >= 11 is 0. The van der Waals surface area contributed by atoms with E-state index in [0.717, 1.165) is 0 Å². The summed E-state index contributed by atoms with van der Waals surface area (Å²) in [7, 11) is 0. The Morgan fingerprint density at radius 1 is 1.27 bits per heavy atom. The van der Waals surface area contributed by atoms with Crippen molar-refractivity contribution in [3.05, 3.63) is 41.7 Å². The highest BCUT2D eigenvalue weighted by atomic mass is 19.1. The highest BCUT2D eigenvalue weighted by molar-refractivity contribution is 5.95. The molecule has 1 aromatic rings. The molecule has 0 aliphatic carbocycles. The van der Waals surface area contributed by atoms with Gasteiger partial charge in [-0.1, -0.05) is 12.1 Å². The topological polar surface area (TPSA) is 58.6 Å². The number of nitrogens with zero attached hydrogens (tertiary/aromatic N) is 1. The van der Waals surface area contributed by atoms with Gasteiger partial charge in [-0.15, -0.1) is 0 Å². The summed E-state index contributed by atoms with van der Waals surface area (Å²) in [4.78, 5) is 25.6. The highest BCUT2D eigenvalue weighted by Gasteiger charge is 2.22. The molecule has 1 aromatic carbocycles. The molecule has 1 aliphatic heterocycles. The molecule has 0 saturated carbocycles. The van der Waals surface area contributed by atoms with Crippen LogP contribution in [0.4, 0.5) is 4.39 Å². The van der Waals surface area contributed by atoms with Crippen molar-refractivity contribution in [3.8, 4) is 0 Å². The van der Waals surface area contributed by atoms with Gasteiger partial charge in [-0.3, -0.25) is 9.59 Å². The van der Waals surface area contributed by atoms with E-state index in [1.54, 1.807) is 30.0 Å². The molecule has 0 aromatic heterocycles. The summed E-state index contributed by atoms with van der Waals surface area (Å²) < 4.78 is 18.0. The number of morpholine rings is 1. The molecule has 1 N–H and O–H groups in total. The number of hydrogen-bond acceptors (Lipinski definition) is 3. The maximum atomic E-state index is 12.8. The number of hydrogen-bond donors (Lipinski definition) is 1. The van der Waals surface area contributed by atoms with E-state index in [0.29, 0.717) is 31.9 Å². The van der Waals surface area contributed by atoms with Gasteiger partial charge in [0.1, 0.15) is 11.9 Å². The van der Waals surface area contributed by atoms with Gasteiger partial charge in [0.25, 0.3) is 0 Å². The quantitative estimate of drug-likeness (QED) is 0.851. The monoisotopic (exact) mass is 306 g/mol. The largest absolute Gasteiger partial charge is 0.378 e. The molecule has 0 bridgehead atoms. The van der Waals surface area contributed by atoms with E-state index in [1.807, 2.05) is 0 Å². The zero-order valence-corrected chi connectivity index (χ0v) is 12.4. The first-order valence-corrected chi connectivity index (χ1v) is 7.17. The van der Waals surface area contributed by atoms with Crippen molar-refractivity contribution in [2.75, 3.05) is 26.3 Å². The van der Waals surface area contributed by atoms with Gasteiger partial charge in [0.15, 0.2) is 0 Å². The normalized spacial score (nSPS) is 16.5. The lowest BCUT2D eigenvalue weighted by Crippen LogP contribution is -2.50. The zero-order chi connectivity index (χ0) is 15.9. The average Bonchev–Trinajstić information content (AvgIpc) is 2.54. The van der Waals surface area contributed by atoms with Crippen molar-refractivity contribution in [2.45, 2.75) is 13.0 Å². The molecule has 2 amide bonds. The lowest BCUT2D eigenvalue weighted by atomic mass is 10.2. The first-order valence-electron chi connectivity index (χ1n) is 7.17. The Morgan fingerprint density at radius 2 is 1.91 bits per heavy atom. The van der Waals surface area contributed by atoms with E-state index >= 15 is 0 Å². The lowest BCUT2D eigenvalue weighted by molar-refractivity contribution is -0.138. The fourth-order valence-corrected chi connectivity index (χ4v) is 2.13. The molecule has 0 unspecified atom stereocenters. The predicted octanol–water partition coefficient (Wildman–Crippen LogP) is 1.20. The van der Waals surface area contributed by atoms with Crippen LogP contribution in [-0.4, -0.2) is 49.1 Å². The molecule has 2 rings (SSSR count). The Balaban J connectivity index is 1.85. The Morgan fingerprint density at radius 3 is 2.55 bits per heavy atom. The van der Waals surface area contributed by atoms with Crippen LogP contribution < -0.4 is 5.32 Å². The number of rotatable bonds is 4. The van der Waals surface area contributed by atoms with Gasteiger partial charge >= 0.3 is 0 Å². The van der Waals surface area contributed by atoms with Crippen LogP contribution in [0, 0.1) is 5.82 Å². The standard InChI is InChI=1S/C16H19FN2O3/c1-12(16(21)19-8-10-22-11-9-19)18-15(20)7-4-13-2-5-14(17)6-3-13/h2-7,12H,8-11H2,1H3,(H,18,20)/b7-4-/t12-/m0/s1. The van der Waals surface area contributed by atoms with Crippen molar-refractivity contribution < 1.29 is 18.7 Å². The fourth-order valence-electron chi connectivity index (χ4n) is 2.13. The van der Waals surface area contributed by atoms with E-state index in [2.05, 4.69) is 5.32 Å². The van der Waals surface area contributed by atoms with E-state index < -0.39 is 6.04 Å². The molecule has 1 atom stereocenters. The molecule has 22 heavy (non-hydrogen) atoms.